The van der Waals surface area contributed by atoms with Gasteiger partial charge in [0.05, 0.1) is 7.05 Å². The number of amides is 2. The average molecular weight is 391 g/mol. The zero-order valence-corrected chi connectivity index (χ0v) is 16.6. The first-order valence-corrected chi connectivity index (χ1v) is 9.19. The fourth-order valence-electron chi connectivity index (χ4n) is 3.03. The summed E-state index contributed by atoms with van der Waals surface area (Å²) in [7, 11) is 1.99. The molecule has 0 bridgehead atoms. The van der Waals surface area contributed by atoms with Gasteiger partial charge in [-0.2, -0.15) is 0 Å². The lowest BCUT2D eigenvalue weighted by molar-refractivity contribution is -0.677. The number of alkyl halides is 1. The molecule has 2 saturated heterocycles. The number of carbonyl (C=O) groups excluding carboxylic acids is 2. The monoisotopic (exact) mass is 390 g/mol. The van der Waals surface area contributed by atoms with Crippen molar-refractivity contribution in [3.8, 4) is 0 Å². The molecule has 0 aromatic carbocycles. The van der Waals surface area contributed by atoms with Crippen molar-refractivity contribution in [2.45, 2.75) is 39.2 Å². The number of aryl methyl sites for hydroxylation is 1. The molecule has 3 heterocycles. The normalized spacial score (nSPS) is 16.3. The van der Waals surface area contributed by atoms with E-state index in [1.165, 1.54) is 0 Å². The molecule has 2 aliphatic rings. The van der Waals surface area contributed by atoms with Gasteiger partial charge >= 0.3 is 0 Å². The minimum Gasteiger partial charge on any atom is -1.00 e. The largest absolute Gasteiger partial charge is 1.00 e. The molecule has 2 aliphatic heterocycles. The fourth-order valence-corrected chi connectivity index (χ4v) is 3.20. The SMILES string of the molecule is Cc1n(CC(=O)N2CCCC2)cc[n+]1C.O=C(CCl)N1CCCC1.[Cl-]. The second-order valence-corrected chi connectivity index (χ2v) is 6.66. The Morgan fingerprint density at radius 2 is 1.52 bits per heavy atom. The van der Waals surface area contributed by atoms with Gasteiger partial charge in [-0.15, -0.1) is 11.6 Å². The van der Waals surface area contributed by atoms with Crippen LogP contribution in [0.15, 0.2) is 12.4 Å². The minimum absolute atomic E-state index is 0. The molecule has 0 N–H and O–H groups in total. The highest BCUT2D eigenvalue weighted by Crippen LogP contribution is 2.09. The maximum atomic E-state index is 11.9. The Morgan fingerprint density at radius 3 is 1.92 bits per heavy atom. The molecule has 2 amide bonds. The molecular formula is C17H28Cl2N4O2. The maximum Gasteiger partial charge on any atom is 0.264 e. The Kier molecular flexibility index (Phi) is 9.28. The van der Waals surface area contributed by atoms with Crippen LogP contribution in [-0.2, 0) is 23.2 Å². The summed E-state index contributed by atoms with van der Waals surface area (Å²) in [5.74, 6) is 1.57. The smallest absolute Gasteiger partial charge is 0.264 e. The molecule has 2 fully saturated rings. The molecule has 3 rings (SSSR count). The van der Waals surface area contributed by atoms with Gasteiger partial charge in [0.15, 0.2) is 6.54 Å². The van der Waals surface area contributed by atoms with E-state index in [1.54, 1.807) is 0 Å². The molecule has 0 radical (unpaired) electrons. The van der Waals surface area contributed by atoms with Crippen LogP contribution in [0.1, 0.15) is 31.5 Å². The lowest BCUT2D eigenvalue weighted by Crippen LogP contribution is -3.00. The van der Waals surface area contributed by atoms with Gasteiger partial charge in [0, 0.05) is 33.1 Å². The highest BCUT2D eigenvalue weighted by Gasteiger charge is 2.21. The molecule has 0 unspecified atom stereocenters. The van der Waals surface area contributed by atoms with Crippen molar-refractivity contribution in [2.75, 3.05) is 32.1 Å². The van der Waals surface area contributed by atoms with Gasteiger partial charge in [0.25, 0.3) is 11.7 Å². The molecule has 6 nitrogen and oxygen atoms in total. The summed E-state index contributed by atoms with van der Waals surface area (Å²) in [5.41, 5.74) is 0. The number of imidazole rings is 1. The van der Waals surface area contributed by atoms with Crippen molar-refractivity contribution in [3.05, 3.63) is 18.2 Å². The van der Waals surface area contributed by atoms with Crippen LogP contribution in [0.5, 0.6) is 0 Å². The molecule has 0 spiro atoms. The lowest BCUT2D eigenvalue weighted by atomic mass is 10.4. The second kappa shape index (κ2) is 10.7. The van der Waals surface area contributed by atoms with Crippen LogP contribution in [0.3, 0.4) is 0 Å². The van der Waals surface area contributed by atoms with Crippen LogP contribution in [0.4, 0.5) is 0 Å². The number of hydrogen-bond acceptors (Lipinski definition) is 2. The molecule has 142 valence electrons. The van der Waals surface area contributed by atoms with E-state index < -0.39 is 0 Å². The van der Waals surface area contributed by atoms with Gasteiger partial charge in [0.1, 0.15) is 18.3 Å². The van der Waals surface area contributed by atoms with Gasteiger partial charge in [0.2, 0.25) is 5.91 Å². The van der Waals surface area contributed by atoms with Crippen LogP contribution in [0, 0.1) is 6.92 Å². The Hall–Kier alpha value is -1.27. The number of rotatable bonds is 3. The first-order chi connectivity index (χ1) is 11.5. The highest BCUT2D eigenvalue weighted by atomic mass is 35.5. The maximum absolute atomic E-state index is 11.9. The number of halogens is 2. The number of aromatic nitrogens is 2. The molecule has 0 atom stereocenters. The van der Waals surface area contributed by atoms with Crippen LogP contribution in [0.2, 0.25) is 0 Å². The average Bonchev–Trinajstić information content (AvgIpc) is 3.33. The predicted molar refractivity (Wildman–Crippen MR) is 92.7 cm³/mol. The van der Waals surface area contributed by atoms with Gasteiger partial charge < -0.3 is 22.2 Å². The van der Waals surface area contributed by atoms with Gasteiger partial charge in [-0.25, -0.2) is 9.13 Å². The summed E-state index contributed by atoms with van der Waals surface area (Å²) in [6, 6.07) is 0. The topological polar surface area (TPSA) is 49.4 Å². The quantitative estimate of drug-likeness (QED) is 0.446. The van der Waals surface area contributed by atoms with E-state index in [4.69, 9.17) is 11.6 Å². The van der Waals surface area contributed by atoms with Crippen molar-refractivity contribution in [3.63, 3.8) is 0 Å². The summed E-state index contributed by atoms with van der Waals surface area (Å²) in [6.45, 7) is 6.19. The Morgan fingerprint density at radius 1 is 1.04 bits per heavy atom. The first kappa shape index (κ1) is 21.8. The van der Waals surface area contributed by atoms with E-state index in [0.29, 0.717) is 6.54 Å². The number of hydrogen-bond donors (Lipinski definition) is 0. The third kappa shape index (κ3) is 6.19. The minimum atomic E-state index is 0. The third-order valence-electron chi connectivity index (χ3n) is 4.73. The number of likely N-dealkylation sites (tertiary alicyclic amines) is 2. The van der Waals surface area contributed by atoms with E-state index in [9.17, 15) is 9.59 Å². The molecule has 25 heavy (non-hydrogen) atoms. The molecule has 8 heteroatoms. The second-order valence-electron chi connectivity index (χ2n) is 6.39. The fraction of sp³-hybridized carbons (Fsp3) is 0.706. The predicted octanol–water partition coefficient (Wildman–Crippen LogP) is -1.90. The van der Waals surface area contributed by atoms with E-state index >= 15 is 0 Å². The lowest BCUT2D eigenvalue weighted by Gasteiger charge is -2.13. The summed E-state index contributed by atoms with van der Waals surface area (Å²) in [5, 5.41) is 0. The Labute approximate surface area is 161 Å². The molecule has 0 saturated carbocycles. The zero-order valence-electron chi connectivity index (χ0n) is 15.1. The van der Waals surface area contributed by atoms with Crippen LogP contribution in [0.25, 0.3) is 0 Å². The van der Waals surface area contributed by atoms with E-state index in [0.717, 1.165) is 57.7 Å². The van der Waals surface area contributed by atoms with E-state index in [1.807, 2.05) is 45.3 Å². The molecule has 1 aromatic heterocycles. The van der Waals surface area contributed by atoms with Crippen molar-refractivity contribution < 1.29 is 26.6 Å². The summed E-state index contributed by atoms with van der Waals surface area (Å²) >= 11 is 5.34. The molecular weight excluding hydrogens is 363 g/mol. The van der Waals surface area contributed by atoms with Crippen molar-refractivity contribution in [2.24, 2.45) is 7.05 Å². The van der Waals surface area contributed by atoms with Crippen LogP contribution < -0.4 is 17.0 Å². The van der Waals surface area contributed by atoms with E-state index in [2.05, 4.69) is 0 Å². The van der Waals surface area contributed by atoms with Crippen LogP contribution >= 0.6 is 11.6 Å². The molecule has 0 aliphatic carbocycles. The van der Waals surface area contributed by atoms with Crippen molar-refractivity contribution in [1.29, 1.82) is 0 Å². The Bertz CT molecular complexity index is 565. The standard InChI is InChI=1S/C11H18N3O.C6H10ClNO.ClH/c1-10-12(2)7-8-14(10)9-11(15)13-5-3-4-6-13;7-5-6(9)8-3-1-2-4-8;/h7-8H,3-6,9H2,1-2H3;1-5H2;1H/q+1;;/p-1. The van der Waals surface area contributed by atoms with Gasteiger partial charge in [-0.1, -0.05) is 0 Å². The van der Waals surface area contributed by atoms with Gasteiger partial charge in [-0.05, 0) is 25.7 Å². The van der Waals surface area contributed by atoms with Crippen LogP contribution in [-0.4, -0.2) is 58.2 Å². The Balaban J connectivity index is 0.000000270. The zero-order chi connectivity index (χ0) is 17.5. The third-order valence-corrected chi connectivity index (χ3v) is 4.96. The first-order valence-electron chi connectivity index (χ1n) is 8.66. The van der Waals surface area contributed by atoms with Gasteiger partial charge in [-0.3, -0.25) is 9.59 Å². The highest BCUT2D eigenvalue weighted by molar-refractivity contribution is 6.27. The summed E-state index contributed by atoms with van der Waals surface area (Å²) in [4.78, 5) is 26.5. The summed E-state index contributed by atoms with van der Waals surface area (Å²) in [6.07, 6.45) is 8.54. The molecule has 1 aromatic rings. The number of nitrogens with zero attached hydrogens (tertiary/aromatic N) is 4. The van der Waals surface area contributed by atoms with Crippen molar-refractivity contribution in [1.82, 2.24) is 14.4 Å². The number of carbonyl (C=O) groups is 2. The van der Waals surface area contributed by atoms with E-state index in [-0.39, 0.29) is 30.1 Å². The van der Waals surface area contributed by atoms with Crippen molar-refractivity contribution >= 4 is 23.4 Å². The summed E-state index contributed by atoms with van der Waals surface area (Å²) < 4.78 is 4.03.